The lowest BCUT2D eigenvalue weighted by Crippen LogP contribution is -2.41. The maximum Gasteiger partial charge on any atom is 0.322 e. The molecule has 0 amide bonds. The third kappa shape index (κ3) is 2.10. The van der Waals surface area contributed by atoms with Crippen LogP contribution in [0.4, 0.5) is 17.7 Å². The van der Waals surface area contributed by atoms with Crippen LogP contribution in [0.2, 0.25) is 0 Å². The van der Waals surface area contributed by atoms with Crippen molar-refractivity contribution in [1.29, 1.82) is 0 Å². The number of nitrogens with zero attached hydrogens (tertiary/aromatic N) is 2. The number of rotatable bonds is 1. The van der Waals surface area contributed by atoms with E-state index in [1.54, 1.807) is 0 Å². The SMILES string of the molecule is FC(F)=C(F)N1CCN(F)CC1. The number of hydrogen-bond acceptors (Lipinski definition) is 2. The van der Waals surface area contributed by atoms with Gasteiger partial charge in [-0.15, -0.1) is 9.60 Å². The summed E-state index contributed by atoms with van der Waals surface area (Å²) in [6, 6.07) is 0. The Morgan fingerprint density at radius 2 is 1.42 bits per heavy atom. The fourth-order valence-corrected chi connectivity index (χ4v) is 0.998. The smallest absolute Gasteiger partial charge is 0.322 e. The van der Waals surface area contributed by atoms with Gasteiger partial charge >= 0.3 is 6.08 Å². The summed E-state index contributed by atoms with van der Waals surface area (Å²) in [5.41, 5.74) is 0. The molecule has 0 atom stereocenters. The van der Waals surface area contributed by atoms with Gasteiger partial charge in [-0.05, 0) is 0 Å². The van der Waals surface area contributed by atoms with Crippen molar-refractivity contribution in [3.8, 4) is 0 Å². The summed E-state index contributed by atoms with van der Waals surface area (Å²) in [5, 5.41) is 0.472. The van der Waals surface area contributed by atoms with E-state index in [9.17, 15) is 17.7 Å². The average Bonchev–Trinajstić information content (AvgIpc) is 2.04. The normalized spacial score (nSPS) is 19.5. The Bertz CT molecular complexity index is 182. The van der Waals surface area contributed by atoms with Crippen LogP contribution in [0.5, 0.6) is 0 Å². The highest BCUT2D eigenvalue weighted by Gasteiger charge is 2.21. The lowest BCUT2D eigenvalue weighted by atomic mass is 10.4. The first kappa shape index (κ1) is 9.31. The van der Waals surface area contributed by atoms with E-state index < -0.39 is 12.0 Å². The molecule has 1 heterocycles. The molecule has 0 radical (unpaired) electrons. The van der Waals surface area contributed by atoms with E-state index in [1.165, 1.54) is 0 Å². The highest BCUT2D eigenvalue weighted by Crippen LogP contribution is 2.16. The first-order valence-corrected chi connectivity index (χ1v) is 3.47. The summed E-state index contributed by atoms with van der Waals surface area (Å²) in [7, 11) is 0. The predicted octanol–water partition coefficient (Wildman–Crippen LogP) is 1.52. The number of halogens is 4. The van der Waals surface area contributed by atoms with Crippen LogP contribution in [0.25, 0.3) is 0 Å². The lowest BCUT2D eigenvalue weighted by Gasteiger charge is -2.29. The van der Waals surface area contributed by atoms with Gasteiger partial charge in [0.2, 0.25) is 0 Å². The molecule has 70 valence electrons. The molecule has 0 aromatic carbocycles. The largest absolute Gasteiger partial charge is 0.341 e. The van der Waals surface area contributed by atoms with E-state index in [4.69, 9.17) is 0 Å². The van der Waals surface area contributed by atoms with Crippen molar-refractivity contribution >= 4 is 0 Å². The van der Waals surface area contributed by atoms with Crippen molar-refractivity contribution in [3.63, 3.8) is 0 Å². The molecule has 0 aromatic heterocycles. The van der Waals surface area contributed by atoms with Crippen molar-refractivity contribution in [1.82, 2.24) is 10.0 Å². The van der Waals surface area contributed by atoms with Crippen LogP contribution in [0.3, 0.4) is 0 Å². The summed E-state index contributed by atoms with van der Waals surface area (Å²) in [4.78, 5) is 0.825. The molecule has 0 spiro atoms. The van der Waals surface area contributed by atoms with Crippen molar-refractivity contribution in [2.45, 2.75) is 0 Å². The van der Waals surface area contributed by atoms with Gasteiger partial charge in [-0.3, -0.25) is 0 Å². The van der Waals surface area contributed by atoms with Crippen LogP contribution < -0.4 is 0 Å². The Hall–Kier alpha value is -0.780. The van der Waals surface area contributed by atoms with E-state index in [2.05, 4.69) is 0 Å². The molecular formula is C6H8F4N2. The Labute approximate surface area is 67.0 Å². The first-order valence-electron chi connectivity index (χ1n) is 3.47. The minimum Gasteiger partial charge on any atom is -0.341 e. The van der Waals surface area contributed by atoms with Gasteiger partial charge in [-0.2, -0.15) is 13.2 Å². The lowest BCUT2D eigenvalue weighted by molar-refractivity contribution is -0.0204. The maximum absolute atomic E-state index is 12.5. The van der Waals surface area contributed by atoms with Gasteiger partial charge in [-0.25, -0.2) is 0 Å². The minimum atomic E-state index is -2.35. The Kier molecular flexibility index (Phi) is 2.91. The van der Waals surface area contributed by atoms with E-state index in [1.807, 2.05) is 0 Å². The van der Waals surface area contributed by atoms with Crippen LogP contribution in [0.1, 0.15) is 0 Å². The van der Waals surface area contributed by atoms with Crippen LogP contribution in [0.15, 0.2) is 12.0 Å². The van der Waals surface area contributed by atoms with Crippen LogP contribution in [-0.2, 0) is 0 Å². The maximum atomic E-state index is 12.5. The molecule has 1 rings (SSSR count). The zero-order valence-corrected chi connectivity index (χ0v) is 6.23. The zero-order valence-electron chi connectivity index (χ0n) is 6.23. The minimum absolute atomic E-state index is 0.0410. The first-order chi connectivity index (χ1) is 5.61. The van der Waals surface area contributed by atoms with Gasteiger partial charge in [-0.1, -0.05) is 0 Å². The van der Waals surface area contributed by atoms with Gasteiger partial charge in [0.1, 0.15) is 0 Å². The molecule has 6 heteroatoms. The number of hydrogen-bond donors (Lipinski definition) is 0. The van der Waals surface area contributed by atoms with Crippen LogP contribution >= 0.6 is 0 Å². The Balaban J connectivity index is 2.50. The second-order valence-electron chi connectivity index (χ2n) is 2.45. The zero-order chi connectivity index (χ0) is 9.14. The number of piperazine rings is 1. The third-order valence-corrected chi connectivity index (χ3v) is 1.66. The molecule has 0 aromatic rings. The molecule has 1 saturated heterocycles. The molecular weight excluding hydrogens is 176 g/mol. The average molecular weight is 184 g/mol. The summed E-state index contributed by atoms with van der Waals surface area (Å²) in [5.74, 6) is -1.54. The van der Waals surface area contributed by atoms with Crippen molar-refractivity contribution in [2.24, 2.45) is 0 Å². The molecule has 1 aliphatic rings. The summed E-state index contributed by atoms with van der Waals surface area (Å²) in [6.07, 6.45) is -2.35. The monoisotopic (exact) mass is 184 g/mol. The molecule has 0 bridgehead atoms. The topological polar surface area (TPSA) is 6.48 Å². The van der Waals surface area contributed by atoms with E-state index in [0.717, 1.165) is 4.90 Å². The van der Waals surface area contributed by atoms with Gasteiger partial charge in [0.25, 0.3) is 5.95 Å². The third-order valence-electron chi connectivity index (χ3n) is 1.66. The second-order valence-corrected chi connectivity index (χ2v) is 2.45. The Morgan fingerprint density at radius 3 is 1.83 bits per heavy atom. The van der Waals surface area contributed by atoms with Gasteiger partial charge in [0, 0.05) is 26.2 Å². The molecule has 0 N–H and O–H groups in total. The summed E-state index contributed by atoms with van der Waals surface area (Å²) >= 11 is 0. The summed E-state index contributed by atoms with van der Waals surface area (Å²) in [6.45, 7) is -0.166. The van der Waals surface area contributed by atoms with E-state index in [0.29, 0.717) is 5.12 Å². The van der Waals surface area contributed by atoms with Gasteiger partial charge < -0.3 is 4.90 Å². The van der Waals surface area contributed by atoms with Crippen molar-refractivity contribution in [2.75, 3.05) is 26.2 Å². The molecule has 0 saturated carbocycles. The fourth-order valence-electron chi connectivity index (χ4n) is 0.998. The van der Waals surface area contributed by atoms with Gasteiger partial charge in [0.05, 0.1) is 0 Å². The second kappa shape index (κ2) is 3.75. The standard InChI is InChI=1S/C6H8F4N2/c7-5(8)6(9)11-1-3-12(10)4-2-11/h1-4H2. The van der Waals surface area contributed by atoms with E-state index in [-0.39, 0.29) is 26.2 Å². The molecule has 12 heavy (non-hydrogen) atoms. The predicted molar refractivity (Wildman–Crippen MR) is 34.6 cm³/mol. The van der Waals surface area contributed by atoms with Gasteiger partial charge in [0.15, 0.2) is 0 Å². The molecule has 0 aliphatic carbocycles. The fraction of sp³-hybridized carbons (Fsp3) is 0.667. The van der Waals surface area contributed by atoms with E-state index >= 15 is 0 Å². The summed E-state index contributed by atoms with van der Waals surface area (Å²) < 4.78 is 48.1. The quantitative estimate of drug-likeness (QED) is 0.346. The van der Waals surface area contributed by atoms with Crippen molar-refractivity contribution < 1.29 is 17.7 Å². The molecule has 2 nitrogen and oxygen atoms in total. The van der Waals surface area contributed by atoms with Crippen LogP contribution in [-0.4, -0.2) is 36.2 Å². The molecule has 1 fully saturated rings. The molecule has 1 aliphatic heterocycles. The molecule has 0 unspecified atom stereocenters. The highest BCUT2D eigenvalue weighted by atomic mass is 19.3. The van der Waals surface area contributed by atoms with Crippen molar-refractivity contribution in [3.05, 3.63) is 12.0 Å². The Morgan fingerprint density at radius 1 is 0.917 bits per heavy atom. The highest BCUT2D eigenvalue weighted by molar-refractivity contribution is 4.93. The van der Waals surface area contributed by atoms with Crippen LogP contribution in [0, 0.1) is 0 Å².